The van der Waals surface area contributed by atoms with Crippen molar-refractivity contribution in [1.29, 1.82) is 0 Å². The number of rotatable bonds is 8. The van der Waals surface area contributed by atoms with Gasteiger partial charge in [-0.25, -0.2) is 14.2 Å². The van der Waals surface area contributed by atoms with Crippen LogP contribution in [0.4, 0.5) is 20.1 Å². The summed E-state index contributed by atoms with van der Waals surface area (Å²) in [4.78, 5) is 19.3. The molecule has 188 valence electrons. The van der Waals surface area contributed by atoms with Crippen LogP contribution in [0, 0.1) is 5.82 Å². The molecule has 2 aliphatic rings. The summed E-state index contributed by atoms with van der Waals surface area (Å²) in [5.41, 5.74) is 1.06. The van der Waals surface area contributed by atoms with Crippen LogP contribution in [0.15, 0.2) is 34.3 Å². The van der Waals surface area contributed by atoms with Crippen molar-refractivity contribution >= 4 is 55.9 Å². The second kappa shape index (κ2) is 10.1. The smallest absolute Gasteiger partial charge is 0.321 e. The third-order valence-corrected chi connectivity index (χ3v) is 7.75. The van der Waals surface area contributed by atoms with Crippen LogP contribution in [-0.2, 0) is 4.74 Å². The molecule has 0 spiro atoms. The number of benzene rings is 1. The third-order valence-electron chi connectivity index (χ3n) is 5.84. The Kier molecular flexibility index (Phi) is 6.56. The van der Waals surface area contributed by atoms with Crippen LogP contribution in [0.25, 0.3) is 15.9 Å². The van der Waals surface area contributed by atoms with Crippen molar-refractivity contribution in [2.75, 3.05) is 50.0 Å². The van der Waals surface area contributed by atoms with Crippen LogP contribution in [-0.4, -0.2) is 81.2 Å². The lowest BCUT2D eigenvalue weighted by molar-refractivity contribution is 0.0388. The maximum atomic E-state index is 14.9. The molecule has 1 saturated carbocycles. The summed E-state index contributed by atoms with van der Waals surface area (Å²) in [5, 5.41) is 22.7. The van der Waals surface area contributed by atoms with E-state index in [4.69, 9.17) is 4.74 Å². The Morgan fingerprint density at radius 1 is 1.22 bits per heavy atom. The predicted molar refractivity (Wildman–Crippen MR) is 135 cm³/mol. The lowest BCUT2D eigenvalue weighted by atomic mass is 10.3. The van der Waals surface area contributed by atoms with Gasteiger partial charge in [0, 0.05) is 38.3 Å². The molecule has 1 saturated heterocycles. The number of morpholine rings is 1. The Hall–Kier alpha value is -3.07. The molecule has 11 nitrogen and oxygen atoms in total. The Morgan fingerprint density at radius 3 is 2.92 bits per heavy atom. The monoisotopic (exact) mass is 529 g/mol. The number of carbonyl (C=O) groups is 1. The van der Waals surface area contributed by atoms with Gasteiger partial charge in [-0.3, -0.25) is 10.2 Å². The van der Waals surface area contributed by atoms with E-state index in [-0.39, 0.29) is 6.03 Å². The van der Waals surface area contributed by atoms with E-state index >= 15 is 0 Å². The van der Waals surface area contributed by atoms with E-state index in [0.717, 1.165) is 68.0 Å². The number of amides is 2. The normalized spacial score (nSPS) is 16.5. The van der Waals surface area contributed by atoms with Crippen molar-refractivity contribution in [2.45, 2.75) is 28.9 Å². The number of fused-ring (bicyclic) bond motifs is 2. The van der Waals surface area contributed by atoms with E-state index in [0.29, 0.717) is 38.9 Å². The van der Waals surface area contributed by atoms with Gasteiger partial charge in [0.15, 0.2) is 10.8 Å². The second-order valence-corrected chi connectivity index (χ2v) is 10.6. The number of carbonyl (C=O) groups excluding carboxylic acids is 1. The standard InChI is InChI=1S/C22H24FN9O2S2/c23-14-11-15-17(35-21(26-15)27-20(33)24-5-6-31-7-9-34-10-8-31)12-16(14)36-22-29-28-19-4-3-18(30-32(19)22)25-13-1-2-13/h3-4,11-13H,1-2,5-10H2,(H,25,30)(H2,24,26,27,33). The van der Waals surface area contributed by atoms with Crippen LogP contribution in [0.5, 0.6) is 0 Å². The highest BCUT2D eigenvalue weighted by Crippen LogP contribution is 2.35. The Balaban J connectivity index is 1.12. The van der Waals surface area contributed by atoms with Crippen molar-refractivity contribution in [3.63, 3.8) is 0 Å². The molecule has 0 radical (unpaired) electrons. The molecule has 2 fully saturated rings. The molecule has 3 aromatic heterocycles. The Morgan fingerprint density at radius 2 is 2.08 bits per heavy atom. The minimum Gasteiger partial charge on any atom is -0.379 e. The van der Waals surface area contributed by atoms with Gasteiger partial charge in [0.25, 0.3) is 0 Å². The first-order chi connectivity index (χ1) is 17.6. The summed E-state index contributed by atoms with van der Waals surface area (Å²) in [6.07, 6.45) is 2.27. The average molecular weight is 530 g/mol. The molecular formula is C22H24FN9O2S2. The van der Waals surface area contributed by atoms with Crippen molar-refractivity contribution in [3.05, 3.63) is 30.1 Å². The zero-order valence-electron chi connectivity index (χ0n) is 19.2. The summed E-state index contributed by atoms with van der Waals surface area (Å²) in [6, 6.07) is 6.90. The molecule has 0 unspecified atom stereocenters. The molecule has 4 heterocycles. The molecule has 1 aromatic carbocycles. The van der Waals surface area contributed by atoms with E-state index in [1.165, 1.54) is 17.4 Å². The minimum atomic E-state index is -0.427. The van der Waals surface area contributed by atoms with Gasteiger partial charge in [-0.05, 0) is 42.8 Å². The van der Waals surface area contributed by atoms with Gasteiger partial charge in [-0.1, -0.05) is 11.3 Å². The highest BCUT2D eigenvalue weighted by atomic mass is 32.2. The molecule has 36 heavy (non-hydrogen) atoms. The number of thiazole rings is 1. The molecule has 1 aliphatic carbocycles. The van der Waals surface area contributed by atoms with E-state index in [1.807, 2.05) is 12.1 Å². The SMILES string of the molecule is O=C(NCCN1CCOCC1)Nc1nc2cc(F)c(Sc3nnc4ccc(NC5CC5)nn34)cc2s1. The fourth-order valence-electron chi connectivity index (χ4n) is 3.80. The topological polar surface area (TPSA) is 122 Å². The summed E-state index contributed by atoms with van der Waals surface area (Å²) >= 11 is 2.43. The summed E-state index contributed by atoms with van der Waals surface area (Å²) in [5.74, 6) is 0.312. The maximum absolute atomic E-state index is 14.9. The third kappa shape index (κ3) is 5.36. The number of anilines is 2. The molecule has 6 rings (SSSR count). The highest BCUT2D eigenvalue weighted by Gasteiger charge is 2.22. The summed E-state index contributed by atoms with van der Waals surface area (Å²) in [6.45, 7) is 4.45. The molecule has 14 heteroatoms. The molecule has 0 atom stereocenters. The van der Waals surface area contributed by atoms with Crippen LogP contribution in [0.3, 0.4) is 0 Å². The molecule has 4 aromatic rings. The van der Waals surface area contributed by atoms with Gasteiger partial charge in [0.1, 0.15) is 11.6 Å². The number of halogens is 1. The van der Waals surface area contributed by atoms with E-state index in [1.54, 1.807) is 10.6 Å². The summed E-state index contributed by atoms with van der Waals surface area (Å²) in [7, 11) is 0. The number of ether oxygens (including phenoxy) is 1. The summed E-state index contributed by atoms with van der Waals surface area (Å²) < 4.78 is 22.6. The highest BCUT2D eigenvalue weighted by molar-refractivity contribution is 7.99. The van der Waals surface area contributed by atoms with Crippen molar-refractivity contribution in [1.82, 2.24) is 35.0 Å². The Bertz CT molecular complexity index is 1400. The molecule has 3 N–H and O–H groups in total. The average Bonchev–Trinajstić information content (AvgIpc) is 3.48. The number of urea groups is 1. The molecule has 0 bridgehead atoms. The van der Waals surface area contributed by atoms with Gasteiger partial charge in [-0.2, -0.15) is 4.52 Å². The lowest BCUT2D eigenvalue weighted by Crippen LogP contribution is -2.42. The van der Waals surface area contributed by atoms with Crippen LogP contribution in [0.1, 0.15) is 12.8 Å². The van der Waals surface area contributed by atoms with Crippen LogP contribution >= 0.6 is 23.1 Å². The van der Waals surface area contributed by atoms with Gasteiger partial charge in [-0.15, -0.1) is 15.3 Å². The van der Waals surface area contributed by atoms with Gasteiger partial charge in [0.05, 0.1) is 28.3 Å². The molecular weight excluding hydrogens is 505 g/mol. The number of nitrogens with zero attached hydrogens (tertiary/aromatic N) is 6. The number of hydrogen-bond acceptors (Lipinski definition) is 10. The van der Waals surface area contributed by atoms with E-state index in [9.17, 15) is 9.18 Å². The van der Waals surface area contributed by atoms with Gasteiger partial charge >= 0.3 is 6.03 Å². The fraction of sp³-hybridized carbons (Fsp3) is 0.409. The minimum absolute atomic E-state index is 0.339. The zero-order valence-corrected chi connectivity index (χ0v) is 20.9. The first-order valence-electron chi connectivity index (χ1n) is 11.7. The van der Waals surface area contributed by atoms with Crippen molar-refractivity contribution < 1.29 is 13.9 Å². The largest absolute Gasteiger partial charge is 0.379 e. The number of aromatic nitrogens is 5. The van der Waals surface area contributed by atoms with Crippen molar-refractivity contribution in [3.8, 4) is 0 Å². The van der Waals surface area contributed by atoms with E-state index in [2.05, 4.69) is 41.1 Å². The maximum Gasteiger partial charge on any atom is 0.321 e. The second-order valence-electron chi connectivity index (χ2n) is 8.60. The Labute approximate surface area is 213 Å². The van der Waals surface area contributed by atoms with Crippen molar-refractivity contribution in [2.24, 2.45) is 0 Å². The number of nitrogens with one attached hydrogen (secondary N) is 3. The quantitative estimate of drug-likeness (QED) is 0.316. The zero-order chi connectivity index (χ0) is 24.5. The van der Waals surface area contributed by atoms with Gasteiger partial charge in [0.2, 0.25) is 5.16 Å². The molecule has 1 aliphatic heterocycles. The first kappa shape index (κ1) is 23.3. The van der Waals surface area contributed by atoms with Crippen LogP contribution < -0.4 is 16.0 Å². The molecule has 2 amide bonds. The van der Waals surface area contributed by atoms with Crippen LogP contribution in [0.2, 0.25) is 0 Å². The predicted octanol–water partition coefficient (Wildman–Crippen LogP) is 3.05. The fourth-order valence-corrected chi connectivity index (χ4v) is 5.59. The lowest BCUT2D eigenvalue weighted by Gasteiger charge is -2.26. The van der Waals surface area contributed by atoms with Gasteiger partial charge < -0.3 is 15.4 Å². The number of hydrogen-bond donors (Lipinski definition) is 3. The first-order valence-corrected chi connectivity index (χ1v) is 13.4. The van der Waals surface area contributed by atoms with E-state index < -0.39 is 5.82 Å².